The molecule has 6 heteroatoms. The molecule has 1 aromatic carbocycles. The summed E-state index contributed by atoms with van der Waals surface area (Å²) in [6, 6.07) is 8.18. The second kappa shape index (κ2) is 7.47. The molecule has 2 atom stereocenters. The Balaban J connectivity index is 2.33. The SMILES string of the molecule is CNc1ccc(C2SC(NC=O)=C(C=O)C2CN(C)C)cc1. The predicted molar refractivity (Wildman–Crippen MR) is 90.7 cm³/mol. The molecular weight excluding hydrogens is 298 g/mol. The average molecular weight is 319 g/mol. The molecule has 118 valence electrons. The van der Waals surface area contributed by atoms with Crippen LogP contribution in [0.1, 0.15) is 10.8 Å². The van der Waals surface area contributed by atoms with E-state index in [1.165, 1.54) is 0 Å². The monoisotopic (exact) mass is 319 g/mol. The van der Waals surface area contributed by atoms with E-state index in [1.54, 1.807) is 11.8 Å². The Kier molecular flexibility index (Phi) is 5.63. The normalized spacial score (nSPS) is 21.1. The molecule has 22 heavy (non-hydrogen) atoms. The number of thioether (sulfide) groups is 1. The Morgan fingerprint density at radius 2 is 1.91 bits per heavy atom. The highest BCUT2D eigenvalue weighted by Crippen LogP contribution is 2.50. The summed E-state index contributed by atoms with van der Waals surface area (Å²) in [4.78, 5) is 24.4. The van der Waals surface area contributed by atoms with Gasteiger partial charge in [0.15, 0.2) is 0 Å². The first kappa shape index (κ1) is 16.6. The van der Waals surface area contributed by atoms with Gasteiger partial charge in [-0.3, -0.25) is 9.59 Å². The van der Waals surface area contributed by atoms with Crippen LogP contribution in [0.2, 0.25) is 0 Å². The van der Waals surface area contributed by atoms with Crippen LogP contribution in [0.3, 0.4) is 0 Å². The topological polar surface area (TPSA) is 61.4 Å². The molecule has 0 spiro atoms. The van der Waals surface area contributed by atoms with Crippen molar-refractivity contribution in [2.45, 2.75) is 5.25 Å². The lowest BCUT2D eigenvalue weighted by Gasteiger charge is -2.23. The number of hydrogen-bond acceptors (Lipinski definition) is 5. The maximum absolute atomic E-state index is 11.5. The van der Waals surface area contributed by atoms with E-state index in [9.17, 15) is 9.59 Å². The van der Waals surface area contributed by atoms with E-state index in [0.717, 1.165) is 24.1 Å². The number of amides is 1. The number of nitrogens with zero attached hydrogens (tertiary/aromatic N) is 1. The second-order valence-corrected chi connectivity index (χ2v) is 6.60. The van der Waals surface area contributed by atoms with Crippen LogP contribution >= 0.6 is 11.8 Å². The van der Waals surface area contributed by atoms with E-state index in [2.05, 4.69) is 27.7 Å². The first-order chi connectivity index (χ1) is 10.6. The maximum Gasteiger partial charge on any atom is 0.211 e. The quantitative estimate of drug-likeness (QED) is 0.751. The van der Waals surface area contributed by atoms with Crippen molar-refractivity contribution in [2.75, 3.05) is 33.0 Å². The Labute approximate surface area is 135 Å². The lowest BCUT2D eigenvalue weighted by molar-refractivity contribution is -0.108. The largest absolute Gasteiger partial charge is 0.388 e. The molecule has 0 aromatic heterocycles. The van der Waals surface area contributed by atoms with Gasteiger partial charge in [-0.1, -0.05) is 23.9 Å². The fraction of sp³-hybridized carbons (Fsp3) is 0.375. The van der Waals surface area contributed by atoms with Crippen molar-refractivity contribution in [3.63, 3.8) is 0 Å². The Morgan fingerprint density at radius 3 is 2.41 bits per heavy atom. The summed E-state index contributed by atoms with van der Waals surface area (Å²) >= 11 is 1.54. The van der Waals surface area contributed by atoms with Crippen molar-refractivity contribution in [1.29, 1.82) is 0 Å². The molecule has 0 radical (unpaired) electrons. The van der Waals surface area contributed by atoms with Gasteiger partial charge >= 0.3 is 0 Å². The molecule has 0 aliphatic carbocycles. The summed E-state index contributed by atoms with van der Waals surface area (Å²) in [5, 5.41) is 6.56. The molecule has 5 nitrogen and oxygen atoms in total. The van der Waals surface area contributed by atoms with Crippen molar-refractivity contribution in [3.05, 3.63) is 40.4 Å². The van der Waals surface area contributed by atoms with Crippen LogP contribution in [0.15, 0.2) is 34.9 Å². The van der Waals surface area contributed by atoms with Gasteiger partial charge < -0.3 is 15.5 Å². The van der Waals surface area contributed by atoms with E-state index in [0.29, 0.717) is 17.0 Å². The molecule has 1 aromatic rings. The first-order valence-corrected chi connectivity index (χ1v) is 7.97. The zero-order valence-electron chi connectivity index (χ0n) is 13.0. The molecular formula is C16H21N3O2S. The number of carbonyl (C=O) groups is 2. The van der Waals surface area contributed by atoms with Crippen LogP contribution in [-0.2, 0) is 9.59 Å². The van der Waals surface area contributed by atoms with Gasteiger partial charge in [0, 0.05) is 36.0 Å². The Morgan fingerprint density at radius 1 is 1.23 bits per heavy atom. The highest BCUT2D eigenvalue weighted by atomic mass is 32.2. The lowest BCUT2D eigenvalue weighted by Crippen LogP contribution is -2.25. The van der Waals surface area contributed by atoms with Gasteiger partial charge in [0.05, 0.1) is 5.03 Å². The van der Waals surface area contributed by atoms with Crippen LogP contribution in [0.5, 0.6) is 0 Å². The number of rotatable bonds is 7. The minimum absolute atomic E-state index is 0.0559. The van der Waals surface area contributed by atoms with Gasteiger partial charge in [0.2, 0.25) is 6.41 Å². The number of benzene rings is 1. The third kappa shape index (κ3) is 3.51. The second-order valence-electron chi connectivity index (χ2n) is 5.44. The van der Waals surface area contributed by atoms with Gasteiger partial charge in [-0.15, -0.1) is 0 Å². The zero-order chi connectivity index (χ0) is 16.1. The molecule has 1 amide bonds. The van der Waals surface area contributed by atoms with E-state index in [-0.39, 0.29) is 11.2 Å². The Hall–Kier alpha value is -1.79. The summed E-state index contributed by atoms with van der Waals surface area (Å²) in [5.74, 6) is 0.0559. The van der Waals surface area contributed by atoms with Gasteiger partial charge in [0.25, 0.3) is 0 Å². The van der Waals surface area contributed by atoms with Crippen LogP contribution in [0, 0.1) is 5.92 Å². The molecule has 1 aliphatic heterocycles. The van der Waals surface area contributed by atoms with Gasteiger partial charge in [-0.25, -0.2) is 0 Å². The summed E-state index contributed by atoms with van der Waals surface area (Å²) in [5.41, 5.74) is 2.87. The molecule has 2 N–H and O–H groups in total. The van der Waals surface area contributed by atoms with Gasteiger partial charge in [-0.05, 0) is 31.8 Å². The summed E-state index contributed by atoms with van der Waals surface area (Å²) in [6.45, 7) is 0.754. The van der Waals surface area contributed by atoms with Crippen molar-refractivity contribution in [2.24, 2.45) is 5.92 Å². The van der Waals surface area contributed by atoms with E-state index < -0.39 is 0 Å². The molecule has 1 aliphatic rings. The number of aldehydes is 1. The van der Waals surface area contributed by atoms with Gasteiger partial charge in [0.1, 0.15) is 6.29 Å². The molecule has 0 bridgehead atoms. The summed E-state index contributed by atoms with van der Waals surface area (Å²) in [6.07, 6.45) is 1.50. The van der Waals surface area contributed by atoms with Gasteiger partial charge in [-0.2, -0.15) is 0 Å². The number of hydrogen-bond donors (Lipinski definition) is 2. The van der Waals surface area contributed by atoms with Crippen LogP contribution in [0.4, 0.5) is 5.69 Å². The standard InChI is InChI=1S/C16H21N3O2S/c1-17-12-6-4-11(5-7-12)15-13(8-19(2)3)14(9-20)16(22-15)18-10-21/h4-7,9-10,13,15,17H,8H2,1-3H3,(H,18,21). The molecule has 0 saturated carbocycles. The smallest absolute Gasteiger partial charge is 0.211 e. The Bertz CT molecular complexity index is 569. The molecule has 1 heterocycles. The number of nitrogens with one attached hydrogen (secondary N) is 2. The third-order valence-electron chi connectivity index (χ3n) is 3.68. The lowest BCUT2D eigenvalue weighted by atomic mass is 9.92. The average Bonchev–Trinajstić information content (AvgIpc) is 2.84. The maximum atomic E-state index is 11.5. The molecule has 2 unspecified atom stereocenters. The summed E-state index contributed by atoms with van der Waals surface area (Å²) < 4.78 is 0. The highest BCUT2D eigenvalue weighted by molar-refractivity contribution is 8.03. The van der Waals surface area contributed by atoms with E-state index in [4.69, 9.17) is 0 Å². The number of anilines is 1. The third-order valence-corrected chi connectivity index (χ3v) is 5.12. The molecule has 2 rings (SSSR count). The van der Waals surface area contributed by atoms with E-state index in [1.807, 2.05) is 33.3 Å². The number of carbonyl (C=O) groups excluding carboxylic acids is 2. The predicted octanol–water partition coefficient (Wildman–Crippen LogP) is 1.85. The first-order valence-electron chi connectivity index (χ1n) is 7.09. The molecule has 0 fully saturated rings. The van der Waals surface area contributed by atoms with Crippen LogP contribution in [0.25, 0.3) is 0 Å². The minimum atomic E-state index is 0.0559. The van der Waals surface area contributed by atoms with E-state index >= 15 is 0 Å². The van der Waals surface area contributed by atoms with Crippen molar-refractivity contribution >= 4 is 30.1 Å². The molecule has 0 saturated heterocycles. The van der Waals surface area contributed by atoms with Crippen molar-refractivity contribution in [1.82, 2.24) is 10.2 Å². The van der Waals surface area contributed by atoms with Crippen LogP contribution in [-0.4, -0.2) is 45.3 Å². The fourth-order valence-electron chi connectivity index (χ4n) is 2.65. The minimum Gasteiger partial charge on any atom is -0.388 e. The summed E-state index contributed by atoms with van der Waals surface area (Å²) in [7, 11) is 5.85. The highest BCUT2D eigenvalue weighted by Gasteiger charge is 2.36. The van der Waals surface area contributed by atoms with Crippen molar-refractivity contribution < 1.29 is 9.59 Å². The zero-order valence-corrected chi connectivity index (χ0v) is 13.8. The fourth-order valence-corrected chi connectivity index (χ4v) is 4.04. The van der Waals surface area contributed by atoms with Crippen molar-refractivity contribution in [3.8, 4) is 0 Å². The van der Waals surface area contributed by atoms with Crippen LogP contribution < -0.4 is 10.6 Å².